The third-order valence-electron chi connectivity index (χ3n) is 3.42. The number of hydrogen-bond acceptors (Lipinski definition) is 2. The molecule has 20 heavy (non-hydrogen) atoms. The molecule has 0 saturated heterocycles. The second-order valence-corrected chi connectivity index (χ2v) is 4.54. The van der Waals surface area contributed by atoms with Crippen LogP contribution in [0, 0.1) is 0 Å². The van der Waals surface area contributed by atoms with Crippen LogP contribution in [0.1, 0.15) is 15.9 Å². The molecule has 3 rings (SSSR count). The van der Waals surface area contributed by atoms with E-state index in [1.165, 1.54) is 5.56 Å². The first-order valence-corrected chi connectivity index (χ1v) is 6.35. The smallest absolute Gasteiger partial charge is 0.258 e. The minimum atomic E-state index is -0.127. The van der Waals surface area contributed by atoms with Crippen molar-refractivity contribution in [3.63, 3.8) is 0 Å². The van der Waals surface area contributed by atoms with Crippen LogP contribution >= 0.6 is 0 Å². The largest absolute Gasteiger partial charge is 0.308 e. The fraction of sp³-hybridized carbons (Fsp3) is 0.133. The van der Waals surface area contributed by atoms with Gasteiger partial charge in [0.25, 0.3) is 5.91 Å². The van der Waals surface area contributed by atoms with Crippen molar-refractivity contribution in [3.05, 3.63) is 70.1 Å². The van der Waals surface area contributed by atoms with Gasteiger partial charge in [-0.3, -0.25) is 4.79 Å². The van der Waals surface area contributed by atoms with Gasteiger partial charge in [0.2, 0.25) is 0 Å². The standard InChI is InChI=1S/C15H12N4O/c16-18-17-13-7-3-2-6-12(13)15(20)19-10-9-11-5-1-4-8-14(11)19/h1-8H,9-10H2. The third-order valence-corrected chi connectivity index (χ3v) is 3.42. The first-order valence-electron chi connectivity index (χ1n) is 6.35. The Kier molecular flexibility index (Phi) is 3.11. The molecule has 1 heterocycles. The summed E-state index contributed by atoms with van der Waals surface area (Å²) in [7, 11) is 0. The first-order chi connectivity index (χ1) is 9.81. The van der Waals surface area contributed by atoms with Gasteiger partial charge in [-0.15, -0.1) is 0 Å². The Labute approximate surface area is 116 Å². The van der Waals surface area contributed by atoms with Crippen molar-refractivity contribution in [2.24, 2.45) is 5.11 Å². The van der Waals surface area contributed by atoms with Crippen molar-refractivity contribution in [1.29, 1.82) is 0 Å². The summed E-state index contributed by atoms with van der Waals surface area (Å²) in [5.74, 6) is -0.127. The Balaban J connectivity index is 2.01. The van der Waals surface area contributed by atoms with Gasteiger partial charge in [-0.1, -0.05) is 41.5 Å². The maximum Gasteiger partial charge on any atom is 0.258 e. The summed E-state index contributed by atoms with van der Waals surface area (Å²) < 4.78 is 0. The van der Waals surface area contributed by atoms with Crippen LogP contribution in [0.25, 0.3) is 10.4 Å². The molecule has 2 aromatic carbocycles. The summed E-state index contributed by atoms with van der Waals surface area (Å²) in [4.78, 5) is 17.2. The van der Waals surface area contributed by atoms with E-state index in [0.717, 1.165) is 12.1 Å². The highest BCUT2D eigenvalue weighted by Crippen LogP contribution is 2.30. The van der Waals surface area contributed by atoms with E-state index in [4.69, 9.17) is 5.53 Å². The molecule has 0 fully saturated rings. The highest BCUT2D eigenvalue weighted by atomic mass is 16.2. The number of carbonyl (C=O) groups is 1. The second-order valence-electron chi connectivity index (χ2n) is 4.54. The number of rotatable bonds is 2. The molecule has 0 aromatic heterocycles. The van der Waals surface area contributed by atoms with Crippen LogP contribution in [0.5, 0.6) is 0 Å². The van der Waals surface area contributed by atoms with Crippen molar-refractivity contribution in [1.82, 2.24) is 0 Å². The number of amides is 1. The lowest BCUT2D eigenvalue weighted by Crippen LogP contribution is -2.28. The zero-order chi connectivity index (χ0) is 13.9. The maximum absolute atomic E-state index is 12.6. The number of anilines is 1. The van der Waals surface area contributed by atoms with E-state index in [9.17, 15) is 4.79 Å². The third kappa shape index (κ3) is 2.00. The molecule has 0 spiro atoms. The van der Waals surface area contributed by atoms with E-state index in [2.05, 4.69) is 10.0 Å². The quantitative estimate of drug-likeness (QED) is 0.461. The minimum Gasteiger partial charge on any atom is -0.308 e. The van der Waals surface area contributed by atoms with Gasteiger partial charge in [0.1, 0.15) is 0 Å². The summed E-state index contributed by atoms with van der Waals surface area (Å²) in [6, 6.07) is 14.7. The summed E-state index contributed by atoms with van der Waals surface area (Å²) in [5.41, 5.74) is 11.5. The van der Waals surface area contributed by atoms with E-state index in [-0.39, 0.29) is 5.91 Å². The monoisotopic (exact) mass is 264 g/mol. The fourth-order valence-corrected chi connectivity index (χ4v) is 2.48. The minimum absolute atomic E-state index is 0.127. The predicted molar refractivity (Wildman–Crippen MR) is 77.1 cm³/mol. The second kappa shape index (κ2) is 5.07. The highest BCUT2D eigenvalue weighted by molar-refractivity contribution is 6.10. The number of carbonyl (C=O) groups excluding carboxylic acids is 1. The molecule has 98 valence electrons. The molecule has 0 aliphatic carbocycles. The number of azide groups is 1. The summed E-state index contributed by atoms with van der Waals surface area (Å²) >= 11 is 0. The van der Waals surface area contributed by atoms with E-state index in [1.54, 1.807) is 29.2 Å². The van der Waals surface area contributed by atoms with Crippen molar-refractivity contribution < 1.29 is 4.79 Å². The van der Waals surface area contributed by atoms with Crippen LogP contribution in [-0.2, 0) is 6.42 Å². The highest BCUT2D eigenvalue weighted by Gasteiger charge is 2.26. The number of nitrogens with zero attached hydrogens (tertiary/aromatic N) is 4. The van der Waals surface area contributed by atoms with E-state index < -0.39 is 0 Å². The summed E-state index contributed by atoms with van der Waals surface area (Å²) in [6.45, 7) is 0.656. The van der Waals surface area contributed by atoms with Crippen molar-refractivity contribution >= 4 is 17.3 Å². The normalized spacial score (nSPS) is 12.7. The molecule has 1 aliphatic heterocycles. The van der Waals surface area contributed by atoms with Gasteiger partial charge in [0.15, 0.2) is 0 Å². The van der Waals surface area contributed by atoms with E-state index in [1.807, 2.05) is 24.3 Å². The number of benzene rings is 2. The SMILES string of the molecule is [N-]=[N+]=Nc1ccccc1C(=O)N1CCc2ccccc21. The van der Waals surface area contributed by atoms with Gasteiger partial charge in [-0.25, -0.2) is 0 Å². The van der Waals surface area contributed by atoms with Crippen LogP contribution in [0.4, 0.5) is 11.4 Å². The Morgan fingerprint density at radius 1 is 1.15 bits per heavy atom. The topological polar surface area (TPSA) is 69.1 Å². The summed E-state index contributed by atoms with van der Waals surface area (Å²) in [6.07, 6.45) is 0.853. The van der Waals surface area contributed by atoms with Crippen LogP contribution in [0.2, 0.25) is 0 Å². The maximum atomic E-state index is 12.6. The molecular formula is C15H12N4O. The molecule has 0 bridgehead atoms. The molecule has 5 heteroatoms. The number of para-hydroxylation sites is 1. The Morgan fingerprint density at radius 2 is 1.90 bits per heavy atom. The average Bonchev–Trinajstić information content (AvgIpc) is 2.91. The number of fused-ring (bicyclic) bond motifs is 1. The predicted octanol–water partition coefficient (Wildman–Crippen LogP) is 3.83. The van der Waals surface area contributed by atoms with Crippen molar-refractivity contribution in [2.75, 3.05) is 11.4 Å². The Morgan fingerprint density at radius 3 is 2.75 bits per heavy atom. The van der Waals surface area contributed by atoms with E-state index in [0.29, 0.717) is 17.8 Å². The van der Waals surface area contributed by atoms with Gasteiger partial charge in [-0.2, -0.15) is 0 Å². The van der Waals surface area contributed by atoms with Crippen LogP contribution in [0.3, 0.4) is 0 Å². The molecule has 0 radical (unpaired) electrons. The fourth-order valence-electron chi connectivity index (χ4n) is 2.48. The number of hydrogen-bond donors (Lipinski definition) is 0. The van der Waals surface area contributed by atoms with Gasteiger partial charge in [-0.05, 0) is 29.6 Å². The molecule has 1 aliphatic rings. The van der Waals surface area contributed by atoms with E-state index >= 15 is 0 Å². The van der Waals surface area contributed by atoms with Crippen LogP contribution in [-0.4, -0.2) is 12.5 Å². The molecule has 0 atom stereocenters. The lowest BCUT2D eigenvalue weighted by molar-refractivity contribution is 0.0990. The Hall–Kier alpha value is -2.78. The molecule has 0 N–H and O–H groups in total. The van der Waals surface area contributed by atoms with Crippen LogP contribution < -0.4 is 4.90 Å². The van der Waals surface area contributed by atoms with Crippen molar-refractivity contribution in [3.8, 4) is 0 Å². The van der Waals surface area contributed by atoms with Crippen LogP contribution in [0.15, 0.2) is 53.6 Å². The van der Waals surface area contributed by atoms with Gasteiger partial charge < -0.3 is 4.90 Å². The summed E-state index contributed by atoms with van der Waals surface area (Å²) in [5, 5.41) is 3.59. The van der Waals surface area contributed by atoms with Crippen molar-refractivity contribution in [2.45, 2.75) is 6.42 Å². The van der Waals surface area contributed by atoms with Gasteiger partial charge >= 0.3 is 0 Å². The van der Waals surface area contributed by atoms with Gasteiger partial charge in [0.05, 0.1) is 5.69 Å². The molecule has 2 aromatic rings. The molecule has 5 nitrogen and oxygen atoms in total. The molecule has 0 unspecified atom stereocenters. The first kappa shape index (κ1) is 12.3. The lowest BCUT2D eigenvalue weighted by atomic mass is 10.1. The molecular weight excluding hydrogens is 252 g/mol. The van der Waals surface area contributed by atoms with Gasteiger partial charge in [0, 0.05) is 22.7 Å². The lowest BCUT2D eigenvalue weighted by Gasteiger charge is -2.18. The zero-order valence-corrected chi connectivity index (χ0v) is 10.7. The molecule has 0 saturated carbocycles. The zero-order valence-electron chi connectivity index (χ0n) is 10.7. The molecule has 1 amide bonds. The average molecular weight is 264 g/mol. The Bertz CT molecular complexity index is 719.